The van der Waals surface area contributed by atoms with E-state index in [1.54, 1.807) is 26.0 Å². The number of aliphatic hydroxyl groups is 1. The molecule has 1 amide bonds. The van der Waals surface area contributed by atoms with Gasteiger partial charge in [0.15, 0.2) is 0 Å². The van der Waals surface area contributed by atoms with Crippen molar-refractivity contribution >= 4 is 21.6 Å². The largest absolute Gasteiger partial charge is 0.393 e. The van der Waals surface area contributed by atoms with Gasteiger partial charge in [-0.1, -0.05) is 34.6 Å². The fourth-order valence-electron chi connectivity index (χ4n) is 1.85. The van der Waals surface area contributed by atoms with Crippen LogP contribution in [0.2, 0.25) is 0 Å². The van der Waals surface area contributed by atoms with Crippen molar-refractivity contribution in [2.75, 3.05) is 11.9 Å². The summed E-state index contributed by atoms with van der Waals surface area (Å²) < 4.78 is 26.9. The van der Waals surface area contributed by atoms with Gasteiger partial charge in [0.2, 0.25) is 15.9 Å². The van der Waals surface area contributed by atoms with E-state index in [0.29, 0.717) is 12.1 Å². The fraction of sp³-hybridized carbons (Fsp3) is 0.588. The first-order chi connectivity index (χ1) is 10.9. The number of aliphatic hydroxyl groups excluding tert-OH is 1. The van der Waals surface area contributed by atoms with Crippen molar-refractivity contribution in [3.8, 4) is 0 Å². The summed E-state index contributed by atoms with van der Waals surface area (Å²) in [6.45, 7) is 9.42. The number of rotatable bonds is 7. The molecule has 1 rings (SSSR count). The summed E-state index contributed by atoms with van der Waals surface area (Å²) in [7, 11) is -3.64. The molecule has 1 aromatic rings. The van der Waals surface area contributed by atoms with E-state index in [1.807, 2.05) is 20.8 Å². The first-order valence-corrected chi connectivity index (χ1v) is 9.50. The van der Waals surface area contributed by atoms with Gasteiger partial charge in [0.1, 0.15) is 0 Å². The van der Waals surface area contributed by atoms with E-state index in [-0.39, 0.29) is 28.7 Å². The minimum Gasteiger partial charge on any atom is -0.393 e. The third kappa shape index (κ3) is 6.22. The second-order valence-corrected chi connectivity index (χ2v) is 9.00. The standard InChI is InChI=1S/C17H28N2O4S/c1-12(2)16(21)19-13-6-8-14(9-7-13)24(22,23)18-11-10-15(20)17(3,4)5/h6-9,12,15,18,20H,10-11H2,1-5H3,(H,19,21). The number of hydrogen-bond donors (Lipinski definition) is 3. The Kier molecular flexibility index (Phi) is 6.95. The lowest BCUT2D eigenvalue weighted by Gasteiger charge is -2.25. The van der Waals surface area contributed by atoms with Crippen LogP contribution in [0.4, 0.5) is 5.69 Å². The number of benzene rings is 1. The molecular formula is C17H28N2O4S. The molecule has 1 atom stereocenters. The molecule has 1 unspecified atom stereocenters. The Bertz CT molecular complexity index is 646. The van der Waals surface area contributed by atoms with Crippen molar-refractivity contribution in [2.45, 2.75) is 52.0 Å². The van der Waals surface area contributed by atoms with Crippen LogP contribution in [0.25, 0.3) is 0 Å². The normalized spacial score (nSPS) is 13.8. The number of hydrogen-bond acceptors (Lipinski definition) is 4. The highest BCUT2D eigenvalue weighted by atomic mass is 32.2. The van der Waals surface area contributed by atoms with Gasteiger partial charge in [0, 0.05) is 18.2 Å². The molecule has 1 aromatic carbocycles. The van der Waals surface area contributed by atoms with Gasteiger partial charge in [-0.25, -0.2) is 13.1 Å². The van der Waals surface area contributed by atoms with E-state index in [1.165, 1.54) is 12.1 Å². The Labute approximate surface area is 144 Å². The average Bonchev–Trinajstić information content (AvgIpc) is 2.46. The second kappa shape index (κ2) is 8.09. The minimum atomic E-state index is -3.64. The molecular weight excluding hydrogens is 328 g/mol. The van der Waals surface area contributed by atoms with Crippen LogP contribution >= 0.6 is 0 Å². The summed E-state index contributed by atoms with van der Waals surface area (Å²) >= 11 is 0. The molecule has 0 saturated heterocycles. The molecule has 0 spiro atoms. The quantitative estimate of drug-likeness (QED) is 0.699. The number of carbonyl (C=O) groups excluding carboxylic acids is 1. The smallest absolute Gasteiger partial charge is 0.240 e. The predicted octanol–water partition coefficient (Wildman–Crippen LogP) is 2.36. The number of nitrogens with one attached hydrogen (secondary N) is 2. The highest BCUT2D eigenvalue weighted by molar-refractivity contribution is 7.89. The maximum atomic E-state index is 12.2. The molecule has 6 nitrogen and oxygen atoms in total. The highest BCUT2D eigenvalue weighted by Crippen LogP contribution is 2.21. The molecule has 0 aliphatic heterocycles. The predicted molar refractivity (Wildman–Crippen MR) is 95.2 cm³/mol. The summed E-state index contributed by atoms with van der Waals surface area (Å²) in [4.78, 5) is 11.7. The molecule has 0 aromatic heterocycles. The van der Waals surface area contributed by atoms with Gasteiger partial charge in [-0.15, -0.1) is 0 Å². The maximum absolute atomic E-state index is 12.2. The lowest BCUT2D eigenvalue weighted by Crippen LogP contribution is -2.32. The molecule has 0 saturated carbocycles. The number of anilines is 1. The van der Waals surface area contributed by atoms with Crippen molar-refractivity contribution in [1.29, 1.82) is 0 Å². The number of sulfonamides is 1. The van der Waals surface area contributed by atoms with Gasteiger partial charge in [0.05, 0.1) is 11.0 Å². The van der Waals surface area contributed by atoms with Crippen LogP contribution in [0.5, 0.6) is 0 Å². The third-order valence-electron chi connectivity index (χ3n) is 3.67. The Morgan fingerprint density at radius 1 is 1.17 bits per heavy atom. The SMILES string of the molecule is CC(C)C(=O)Nc1ccc(S(=O)(=O)NCCC(O)C(C)(C)C)cc1. The zero-order chi connectivity index (χ0) is 18.5. The summed E-state index contributed by atoms with van der Waals surface area (Å²) in [5.41, 5.74) is 0.262. The zero-order valence-corrected chi connectivity index (χ0v) is 15.8. The van der Waals surface area contributed by atoms with Crippen molar-refractivity contribution in [1.82, 2.24) is 4.72 Å². The highest BCUT2D eigenvalue weighted by Gasteiger charge is 2.22. The average molecular weight is 356 g/mol. The fourth-order valence-corrected chi connectivity index (χ4v) is 2.90. The Morgan fingerprint density at radius 3 is 2.17 bits per heavy atom. The maximum Gasteiger partial charge on any atom is 0.240 e. The van der Waals surface area contributed by atoms with Gasteiger partial charge in [-0.2, -0.15) is 0 Å². The van der Waals surface area contributed by atoms with Crippen LogP contribution in [0.1, 0.15) is 41.0 Å². The van der Waals surface area contributed by atoms with E-state index in [2.05, 4.69) is 10.0 Å². The summed E-state index contributed by atoms with van der Waals surface area (Å²) in [5.74, 6) is -0.274. The van der Waals surface area contributed by atoms with Crippen LogP contribution in [-0.4, -0.2) is 32.1 Å². The van der Waals surface area contributed by atoms with E-state index < -0.39 is 16.1 Å². The monoisotopic (exact) mass is 356 g/mol. The Balaban J connectivity index is 2.66. The van der Waals surface area contributed by atoms with Crippen molar-refractivity contribution < 1.29 is 18.3 Å². The van der Waals surface area contributed by atoms with E-state index in [9.17, 15) is 18.3 Å². The summed E-state index contributed by atoms with van der Waals surface area (Å²) in [6.07, 6.45) is -0.251. The van der Waals surface area contributed by atoms with Crippen LogP contribution in [0.15, 0.2) is 29.2 Å². The molecule has 3 N–H and O–H groups in total. The number of amides is 1. The Hall–Kier alpha value is -1.44. The Morgan fingerprint density at radius 2 is 1.71 bits per heavy atom. The zero-order valence-electron chi connectivity index (χ0n) is 15.0. The molecule has 0 aliphatic carbocycles. The topological polar surface area (TPSA) is 95.5 Å². The van der Waals surface area contributed by atoms with Gasteiger partial charge in [-0.05, 0) is 36.1 Å². The van der Waals surface area contributed by atoms with E-state index >= 15 is 0 Å². The lowest BCUT2D eigenvalue weighted by atomic mass is 9.87. The van der Waals surface area contributed by atoms with Gasteiger partial charge < -0.3 is 10.4 Å². The molecule has 7 heteroatoms. The van der Waals surface area contributed by atoms with Crippen LogP contribution in [0.3, 0.4) is 0 Å². The minimum absolute atomic E-state index is 0.121. The molecule has 0 radical (unpaired) electrons. The van der Waals surface area contributed by atoms with Crippen molar-refractivity contribution in [3.05, 3.63) is 24.3 Å². The number of carbonyl (C=O) groups is 1. The van der Waals surface area contributed by atoms with Gasteiger partial charge >= 0.3 is 0 Å². The van der Waals surface area contributed by atoms with Crippen LogP contribution < -0.4 is 10.0 Å². The molecule has 136 valence electrons. The third-order valence-corrected chi connectivity index (χ3v) is 5.14. The summed E-state index contributed by atoms with van der Waals surface area (Å²) in [6, 6.07) is 5.99. The van der Waals surface area contributed by atoms with Gasteiger partial charge in [-0.3, -0.25) is 4.79 Å². The molecule has 0 bridgehead atoms. The van der Waals surface area contributed by atoms with Gasteiger partial charge in [0.25, 0.3) is 0 Å². The van der Waals surface area contributed by atoms with Crippen molar-refractivity contribution in [3.63, 3.8) is 0 Å². The van der Waals surface area contributed by atoms with Crippen LogP contribution in [0, 0.1) is 11.3 Å². The molecule has 0 heterocycles. The molecule has 0 fully saturated rings. The van der Waals surface area contributed by atoms with Crippen LogP contribution in [-0.2, 0) is 14.8 Å². The summed E-state index contributed by atoms with van der Waals surface area (Å²) in [5, 5.41) is 12.7. The molecule has 24 heavy (non-hydrogen) atoms. The first kappa shape index (κ1) is 20.6. The molecule has 0 aliphatic rings. The first-order valence-electron chi connectivity index (χ1n) is 8.02. The van der Waals surface area contributed by atoms with E-state index in [0.717, 1.165) is 0 Å². The van der Waals surface area contributed by atoms with Crippen molar-refractivity contribution in [2.24, 2.45) is 11.3 Å². The lowest BCUT2D eigenvalue weighted by molar-refractivity contribution is -0.118. The van der Waals surface area contributed by atoms with E-state index in [4.69, 9.17) is 0 Å². The second-order valence-electron chi connectivity index (χ2n) is 7.24.